The summed E-state index contributed by atoms with van der Waals surface area (Å²) in [6.45, 7) is 4.22. The second kappa shape index (κ2) is 9.18. The van der Waals surface area contributed by atoms with Crippen molar-refractivity contribution >= 4 is 21.6 Å². The number of quaternary nitrogens is 1. The Morgan fingerprint density at radius 2 is 1.93 bits per heavy atom. The predicted octanol–water partition coefficient (Wildman–Crippen LogP) is 1.52. The van der Waals surface area contributed by atoms with Crippen molar-refractivity contribution in [3.63, 3.8) is 0 Å². The van der Waals surface area contributed by atoms with Crippen molar-refractivity contribution in [2.24, 2.45) is 0 Å². The summed E-state index contributed by atoms with van der Waals surface area (Å²) in [6.07, 6.45) is 0. The Balaban J connectivity index is 2.03. The zero-order chi connectivity index (χ0) is 20.9. The van der Waals surface area contributed by atoms with Crippen molar-refractivity contribution in [2.45, 2.75) is 24.8 Å². The number of ether oxygens (including phenoxy) is 1. The Bertz CT molecular complexity index is 942. The predicted molar refractivity (Wildman–Crippen MR) is 109 cm³/mol. The van der Waals surface area contributed by atoms with Gasteiger partial charge in [-0.1, -0.05) is 17.7 Å². The Labute approximate surface area is 166 Å². The molecule has 0 heterocycles. The summed E-state index contributed by atoms with van der Waals surface area (Å²) in [7, 11) is 1.02. The van der Waals surface area contributed by atoms with E-state index in [0.717, 1.165) is 21.2 Å². The summed E-state index contributed by atoms with van der Waals surface area (Å²) < 4.78 is 31.0. The number of nitrogens with zero attached hydrogens (tertiary/aromatic N) is 1. The number of methoxy groups -OCH3 is 1. The number of benzene rings is 2. The van der Waals surface area contributed by atoms with E-state index in [-0.39, 0.29) is 23.4 Å². The van der Waals surface area contributed by atoms with Crippen LogP contribution < -0.4 is 15.4 Å². The van der Waals surface area contributed by atoms with Gasteiger partial charge in [-0.05, 0) is 44.2 Å². The van der Waals surface area contributed by atoms with Crippen molar-refractivity contribution in [3.8, 4) is 5.75 Å². The molecule has 0 radical (unpaired) electrons. The third-order valence-electron chi connectivity index (χ3n) is 4.43. The van der Waals surface area contributed by atoms with Gasteiger partial charge in [0.1, 0.15) is 11.8 Å². The third kappa shape index (κ3) is 5.31. The Morgan fingerprint density at radius 1 is 1.21 bits per heavy atom. The summed E-state index contributed by atoms with van der Waals surface area (Å²) in [5, 5.41) is 4.67. The van der Waals surface area contributed by atoms with E-state index in [1.54, 1.807) is 19.2 Å². The summed E-state index contributed by atoms with van der Waals surface area (Å²) in [6, 6.07) is 12.2. The van der Waals surface area contributed by atoms with Gasteiger partial charge in [-0.2, -0.15) is 0 Å². The maximum Gasteiger partial charge on any atom is 0.279 e. The fraction of sp³-hybridized carbons (Fsp3) is 0.350. The minimum absolute atomic E-state index is 0.0288. The van der Waals surface area contributed by atoms with Crippen LogP contribution in [0.3, 0.4) is 0 Å². The van der Waals surface area contributed by atoms with Gasteiger partial charge in [-0.25, -0.2) is 12.7 Å². The molecule has 2 rings (SSSR count). The van der Waals surface area contributed by atoms with E-state index in [4.69, 9.17) is 4.74 Å². The molecule has 2 aromatic rings. The summed E-state index contributed by atoms with van der Waals surface area (Å²) >= 11 is 0. The van der Waals surface area contributed by atoms with Crippen LogP contribution in [0.15, 0.2) is 47.4 Å². The fourth-order valence-electron chi connectivity index (χ4n) is 2.78. The molecule has 0 aromatic heterocycles. The lowest BCUT2D eigenvalue weighted by Gasteiger charge is -2.15. The van der Waals surface area contributed by atoms with Gasteiger partial charge in [0.05, 0.1) is 17.6 Å². The minimum atomic E-state index is -3.55. The number of carbonyl (C=O) groups excluding carboxylic acids is 1. The molecule has 0 saturated carbocycles. The smallest absolute Gasteiger partial charge is 0.279 e. The lowest BCUT2D eigenvalue weighted by Crippen LogP contribution is -2.86. The van der Waals surface area contributed by atoms with E-state index < -0.39 is 10.0 Å². The van der Waals surface area contributed by atoms with Crippen LogP contribution >= 0.6 is 0 Å². The average Bonchev–Trinajstić information content (AvgIpc) is 2.66. The molecule has 0 bridgehead atoms. The van der Waals surface area contributed by atoms with Crippen molar-refractivity contribution < 1.29 is 23.3 Å². The van der Waals surface area contributed by atoms with Gasteiger partial charge in [-0.15, -0.1) is 0 Å². The lowest BCUT2D eigenvalue weighted by atomic mass is 10.0. The first kappa shape index (κ1) is 21.9. The molecule has 0 aliphatic carbocycles. The van der Waals surface area contributed by atoms with Crippen molar-refractivity contribution in [1.29, 1.82) is 0 Å². The molecule has 3 N–H and O–H groups in total. The van der Waals surface area contributed by atoms with Crippen LogP contribution in [-0.2, 0) is 14.8 Å². The number of hydrogen-bond acceptors (Lipinski definition) is 4. The van der Waals surface area contributed by atoms with Gasteiger partial charge in [0.25, 0.3) is 5.91 Å². The van der Waals surface area contributed by atoms with E-state index >= 15 is 0 Å². The molecule has 0 spiro atoms. The SMILES string of the molecule is COc1ccc(C)cc1[C@H](C)[NH2+]CC(=O)Nc1cccc(S(=O)(=O)N(C)C)c1. The number of aryl methyl sites for hydroxylation is 1. The second-order valence-corrected chi connectivity index (χ2v) is 8.99. The zero-order valence-corrected chi connectivity index (χ0v) is 17.7. The monoisotopic (exact) mass is 406 g/mol. The highest BCUT2D eigenvalue weighted by molar-refractivity contribution is 7.89. The first-order valence-corrected chi connectivity index (χ1v) is 10.4. The van der Waals surface area contributed by atoms with Crippen LogP contribution in [0, 0.1) is 6.92 Å². The van der Waals surface area contributed by atoms with Crippen LogP contribution in [0.5, 0.6) is 5.75 Å². The van der Waals surface area contributed by atoms with E-state index in [9.17, 15) is 13.2 Å². The quantitative estimate of drug-likeness (QED) is 0.695. The summed E-state index contributed by atoms with van der Waals surface area (Å²) in [5.41, 5.74) is 2.59. The molecule has 1 amide bonds. The van der Waals surface area contributed by atoms with E-state index in [1.807, 2.05) is 37.4 Å². The Kier molecular flexibility index (Phi) is 7.17. The average molecular weight is 407 g/mol. The number of amides is 1. The first-order valence-electron chi connectivity index (χ1n) is 8.95. The molecule has 152 valence electrons. The highest BCUT2D eigenvalue weighted by Gasteiger charge is 2.19. The lowest BCUT2D eigenvalue weighted by molar-refractivity contribution is -0.682. The maximum atomic E-state index is 12.3. The van der Waals surface area contributed by atoms with Gasteiger partial charge in [0, 0.05) is 19.8 Å². The molecule has 0 aliphatic heterocycles. The molecule has 28 heavy (non-hydrogen) atoms. The van der Waals surface area contributed by atoms with Crippen LogP contribution in [-0.4, -0.2) is 46.4 Å². The number of carbonyl (C=O) groups is 1. The van der Waals surface area contributed by atoms with E-state index in [2.05, 4.69) is 5.32 Å². The number of anilines is 1. The van der Waals surface area contributed by atoms with Crippen LogP contribution in [0.2, 0.25) is 0 Å². The largest absolute Gasteiger partial charge is 0.496 e. The van der Waals surface area contributed by atoms with Gasteiger partial charge >= 0.3 is 0 Å². The zero-order valence-electron chi connectivity index (χ0n) is 16.9. The highest BCUT2D eigenvalue weighted by atomic mass is 32.2. The molecular formula is C20H28N3O4S+. The number of hydrogen-bond donors (Lipinski definition) is 2. The van der Waals surface area contributed by atoms with Crippen LogP contribution in [0.25, 0.3) is 0 Å². The standard InChI is InChI=1S/C20H27N3O4S/c1-14-9-10-19(27-5)18(11-14)15(2)21-13-20(24)22-16-7-6-8-17(12-16)28(25,26)23(3)4/h6-12,15,21H,13H2,1-5H3,(H,22,24)/p+1/t15-/m0/s1. The van der Waals surface area contributed by atoms with Crippen LogP contribution in [0.1, 0.15) is 24.1 Å². The van der Waals surface area contributed by atoms with Gasteiger partial charge in [0.2, 0.25) is 10.0 Å². The van der Waals surface area contributed by atoms with Crippen LogP contribution in [0.4, 0.5) is 5.69 Å². The number of nitrogens with one attached hydrogen (secondary N) is 1. The molecule has 1 atom stereocenters. The molecule has 7 nitrogen and oxygen atoms in total. The van der Waals surface area contributed by atoms with E-state index in [0.29, 0.717) is 5.69 Å². The minimum Gasteiger partial charge on any atom is -0.496 e. The number of nitrogens with two attached hydrogens (primary N) is 1. The molecule has 0 aliphatic rings. The normalized spacial score (nSPS) is 12.6. The molecular weight excluding hydrogens is 378 g/mol. The summed E-state index contributed by atoms with van der Waals surface area (Å²) in [5.74, 6) is 0.578. The number of sulfonamides is 1. The van der Waals surface area contributed by atoms with Crippen molar-refractivity contribution in [2.75, 3.05) is 33.1 Å². The molecule has 0 unspecified atom stereocenters. The third-order valence-corrected chi connectivity index (χ3v) is 6.24. The van der Waals surface area contributed by atoms with E-state index in [1.165, 1.54) is 26.2 Å². The van der Waals surface area contributed by atoms with Gasteiger partial charge in [-0.3, -0.25) is 4.79 Å². The molecule has 0 saturated heterocycles. The van der Waals surface area contributed by atoms with Gasteiger partial charge < -0.3 is 15.4 Å². The first-order chi connectivity index (χ1) is 13.1. The second-order valence-electron chi connectivity index (χ2n) is 6.84. The fourth-order valence-corrected chi connectivity index (χ4v) is 3.73. The van der Waals surface area contributed by atoms with Crippen molar-refractivity contribution in [1.82, 2.24) is 4.31 Å². The van der Waals surface area contributed by atoms with Crippen molar-refractivity contribution in [3.05, 3.63) is 53.6 Å². The number of rotatable bonds is 8. The molecule has 2 aromatic carbocycles. The topological polar surface area (TPSA) is 92.3 Å². The summed E-state index contributed by atoms with van der Waals surface area (Å²) in [4.78, 5) is 12.5. The maximum absolute atomic E-state index is 12.3. The highest BCUT2D eigenvalue weighted by Crippen LogP contribution is 2.24. The van der Waals surface area contributed by atoms with Gasteiger partial charge in [0.15, 0.2) is 6.54 Å². The Morgan fingerprint density at radius 3 is 2.57 bits per heavy atom. The Hall–Kier alpha value is -2.42. The molecule has 0 fully saturated rings. The molecule has 8 heteroatoms.